The first kappa shape index (κ1) is 18.3. The van der Waals surface area contributed by atoms with Gasteiger partial charge in [-0.05, 0) is 48.4 Å². The zero-order valence-electron chi connectivity index (χ0n) is 15.9. The molecular weight excluding hydrogens is 350 g/mol. The second-order valence-corrected chi connectivity index (χ2v) is 6.92. The van der Waals surface area contributed by atoms with Crippen LogP contribution >= 0.6 is 0 Å². The Hall–Kier alpha value is -3.05. The number of anilines is 2. The molecule has 0 saturated carbocycles. The summed E-state index contributed by atoms with van der Waals surface area (Å²) in [5.74, 6) is -0.0859. The third kappa shape index (κ3) is 4.43. The number of hydrogen-bond donors (Lipinski definition) is 1. The van der Waals surface area contributed by atoms with E-state index in [2.05, 4.69) is 34.5 Å². The van der Waals surface area contributed by atoms with Gasteiger partial charge in [0.1, 0.15) is 5.69 Å². The summed E-state index contributed by atoms with van der Waals surface area (Å²) < 4.78 is 7.40. The van der Waals surface area contributed by atoms with Gasteiger partial charge in [-0.25, -0.2) is 0 Å². The van der Waals surface area contributed by atoms with E-state index in [-0.39, 0.29) is 5.91 Å². The van der Waals surface area contributed by atoms with Gasteiger partial charge in [0.15, 0.2) is 0 Å². The molecule has 1 aliphatic heterocycles. The Labute approximate surface area is 165 Å². The molecule has 2 aromatic carbocycles. The molecule has 4 rings (SSSR count). The van der Waals surface area contributed by atoms with Gasteiger partial charge in [-0.3, -0.25) is 4.79 Å². The number of nitrogens with one attached hydrogen (secondary N) is 1. The van der Waals surface area contributed by atoms with Crippen molar-refractivity contribution in [3.63, 3.8) is 0 Å². The summed E-state index contributed by atoms with van der Waals surface area (Å²) in [4.78, 5) is 15.0. The largest absolute Gasteiger partial charge is 0.378 e. The molecule has 1 aromatic heterocycles. The van der Waals surface area contributed by atoms with Gasteiger partial charge in [0.2, 0.25) is 0 Å². The minimum atomic E-state index is -0.0859. The van der Waals surface area contributed by atoms with Crippen LogP contribution < -0.4 is 10.2 Å². The molecule has 5 heteroatoms. The lowest BCUT2D eigenvalue weighted by Crippen LogP contribution is -2.36. The Morgan fingerprint density at radius 1 is 0.929 bits per heavy atom. The lowest BCUT2D eigenvalue weighted by atomic mass is 10.1. The molecule has 28 heavy (non-hydrogen) atoms. The average Bonchev–Trinajstić information content (AvgIpc) is 3.23. The molecule has 2 heterocycles. The number of nitrogens with zero attached hydrogens (tertiary/aromatic N) is 2. The van der Waals surface area contributed by atoms with Gasteiger partial charge >= 0.3 is 0 Å². The highest BCUT2D eigenvalue weighted by atomic mass is 16.5. The third-order valence-corrected chi connectivity index (χ3v) is 5.05. The van der Waals surface area contributed by atoms with E-state index in [1.54, 1.807) is 0 Å². The first-order valence-electron chi connectivity index (χ1n) is 9.73. The number of carbonyl (C=O) groups is 1. The van der Waals surface area contributed by atoms with Crippen LogP contribution in [0.5, 0.6) is 0 Å². The summed E-state index contributed by atoms with van der Waals surface area (Å²) in [7, 11) is 0. The van der Waals surface area contributed by atoms with Gasteiger partial charge in [-0.2, -0.15) is 0 Å². The molecule has 5 nitrogen and oxygen atoms in total. The number of carbonyl (C=O) groups excluding carboxylic acids is 1. The summed E-state index contributed by atoms with van der Waals surface area (Å²) in [5.41, 5.74) is 3.90. The predicted octanol–water partition coefficient (Wildman–Crippen LogP) is 3.82. The zero-order chi connectivity index (χ0) is 19.2. The van der Waals surface area contributed by atoms with Crippen LogP contribution in [0.15, 0.2) is 72.9 Å². The minimum absolute atomic E-state index is 0.0859. The summed E-state index contributed by atoms with van der Waals surface area (Å²) in [6, 6.07) is 22.1. The van der Waals surface area contributed by atoms with Crippen molar-refractivity contribution in [1.29, 1.82) is 0 Å². The highest BCUT2D eigenvalue weighted by Gasteiger charge is 2.13. The summed E-state index contributed by atoms with van der Waals surface area (Å²) >= 11 is 0. The van der Waals surface area contributed by atoms with Crippen molar-refractivity contribution in [2.24, 2.45) is 0 Å². The number of amides is 1. The number of morpholine rings is 1. The molecule has 1 aliphatic rings. The number of benzene rings is 2. The van der Waals surface area contributed by atoms with E-state index in [9.17, 15) is 4.79 Å². The quantitative estimate of drug-likeness (QED) is 0.712. The van der Waals surface area contributed by atoms with E-state index in [1.807, 2.05) is 53.2 Å². The standard InChI is InChI=1S/C23H25N3O2/c27-23(22-7-4-13-26(22)14-12-19-5-2-1-3-6-19)24-20-8-10-21(11-9-20)25-15-17-28-18-16-25/h1-11,13H,12,14-18H2,(H,24,27). The Morgan fingerprint density at radius 3 is 2.43 bits per heavy atom. The maximum atomic E-state index is 12.7. The SMILES string of the molecule is O=C(Nc1ccc(N2CCOCC2)cc1)c1cccn1CCc1ccccc1. The fourth-order valence-corrected chi connectivity index (χ4v) is 3.48. The van der Waals surface area contributed by atoms with E-state index in [1.165, 1.54) is 5.56 Å². The highest BCUT2D eigenvalue weighted by Crippen LogP contribution is 2.19. The predicted molar refractivity (Wildman–Crippen MR) is 112 cm³/mol. The number of rotatable bonds is 6. The summed E-state index contributed by atoms with van der Waals surface area (Å²) in [5, 5.41) is 3.01. The molecule has 0 bridgehead atoms. The van der Waals surface area contributed by atoms with Gasteiger partial charge in [0.05, 0.1) is 13.2 Å². The molecule has 0 aliphatic carbocycles. The van der Waals surface area contributed by atoms with Crippen molar-refractivity contribution in [3.05, 3.63) is 84.2 Å². The van der Waals surface area contributed by atoms with Crippen molar-refractivity contribution in [1.82, 2.24) is 4.57 Å². The third-order valence-electron chi connectivity index (χ3n) is 5.05. The smallest absolute Gasteiger partial charge is 0.272 e. The number of aromatic nitrogens is 1. The Morgan fingerprint density at radius 2 is 1.68 bits per heavy atom. The van der Waals surface area contributed by atoms with Crippen LogP contribution in [0, 0.1) is 0 Å². The van der Waals surface area contributed by atoms with Gasteiger partial charge in [-0.15, -0.1) is 0 Å². The zero-order valence-corrected chi connectivity index (χ0v) is 15.9. The number of hydrogen-bond acceptors (Lipinski definition) is 3. The van der Waals surface area contributed by atoms with Crippen LogP contribution in [0.3, 0.4) is 0 Å². The van der Waals surface area contributed by atoms with Crippen LogP contribution in [0.2, 0.25) is 0 Å². The lowest BCUT2D eigenvalue weighted by Gasteiger charge is -2.28. The van der Waals surface area contributed by atoms with Gasteiger partial charge < -0.3 is 19.5 Å². The second-order valence-electron chi connectivity index (χ2n) is 6.92. The maximum absolute atomic E-state index is 12.7. The number of ether oxygens (including phenoxy) is 1. The average molecular weight is 375 g/mol. The molecule has 3 aromatic rings. The van der Waals surface area contributed by atoms with Crippen LogP contribution in [-0.2, 0) is 17.7 Å². The molecule has 0 spiro atoms. The van der Waals surface area contributed by atoms with Crippen molar-refractivity contribution in [3.8, 4) is 0 Å². The first-order chi connectivity index (χ1) is 13.8. The molecular formula is C23H25N3O2. The molecule has 1 N–H and O–H groups in total. The van der Waals surface area contributed by atoms with Crippen LogP contribution in [0.25, 0.3) is 0 Å². The summed E-state index contributed by atoms with van der Waals surface area (Å²) in [6.45, 7) is 4.11. The normalized spacial score (nSPS) is 14.1. The van der Waals surface area contributed by atoms with Gasteiger partial charge in [0, 0.05) is 37.2 Å². The molecule has 1 saturated heterocycles. The number of aryl methyl sites for hydroxylation is 2. The van der Waals surface area contributed by atoms with E-state index < -0.39 is 0 Å². The Bertz CT molecular complexity index is 897. The summed E-state index contributed by atoms with van der Waals surface area (Å²) in [6.07, 6.45) is 2.85. The minimum Gasteiger partial charge on any atom is -0.378 e. The van der Waals surface area contributed by atoms with E-state index in [0.29, 0.717) is 5.69 Å². The molecule has 0 unspecified atom stereocenters. The fraction of sp³-hybridized carbons (Fsp3) is 0.261. The second kappa shape index (κ2) is 8.76. The van der Waals surface area contributed by atoms with Crippen molar-refractivity contribution >= 4 is 17.3 Å². The Balaban J connectivity index is 1.38. The lowest BCUT2D eigenvalue weighted by molar-refractivity contribution is 0.101. The van der Waals surface area contributed by atoms with Crippen molar-refractivity contribution in [2.75, 3.05) is 36.5 Å². The van der Waals surface area contributed by atoms with E-state index in [0.717, 1.165) is 50.6 Å². The molecule has 144 valence electrons. The fourth-order valence-electron chi connectivity index (χ4n) is 3.48. The van der Waals surface area contributed by atoms with Gasteiger partial charge in [0.25, 0.3) is 5.91 Å². The van der Waals surface area contributed by atoms with Crippen LogP contribution in [-0.4, -0.2) is 36.8 Å². The van der Waals surface area contributed by atoms with Crippen LogP contribution in [0.1, 0.15) is 16.1 Å². The topological polar surface area (TPSA) is 46.5 Å². The molecule has 1 amide bonds. The molecule has 0 atom stereocenters. The van der Waals surface area contributed by atoms with E-state index >= 15 is 0 Å². The maximum Gasteiger partial charge on any atom is 0.272 e. The van der Waals surface area contributed by atoms with E-state index in [4.69, 9.17) is 4.74 Å². The van der Waals surface area contributed by atoms with Crippen molar-refractivity contribution < 1.29 is 9.53 Å². The first-order valence-corrected chi connectivity index (χ1v) is 9.73. The molecule has 1 fully saturated rings. The monoisotopic (exact) mass is 375 g/mol. The van der Waals surface area contributed by atoms with Crippen LogP contribution in [0.4, 0.5) is 11.4 Å². The van der Waals surface area contributed by atoms with Gasteiger partial charge in [-0.1, -0.05) is 30.3 Å². The Kier molecular flexibility index (Phi) is 5.73. The van der Waals surface area contributed by atoms with Crippen molar-refractivity contribution in [2.45, 2.75) is 13.0 Å². The molecule has 0 radical (unpaired) electrons. The highest BCUT2D eigenvalue weighted by molar-refractivity contribution is 6.03.